The highest BCUT2D eigenvalue weighted by molar-refractivity contribution is 6.00. The minimum atomic E-state index is -0.498. The van der Waals surface area contributed by atoms with E-state index >= 15 is 0 Å². The molecule has 2 N–H and O–H groups in total. The van der Waals surface area contributed by atoms with Crippen LogP contribution in [0.25, 0.3) is 0 Å². The fourth-order valence-electron chi connectivity index (χ4n) is 1.74. The topological polar surface area (TPSA) is 89.6 Å². The van der Waals surface area contributed by atoms with Crippen LogP contribution in [-0.4, -0.2) is 31.0 Å². The molecule has 1 aromatic carbocycles. The summed E-state index contributed by atoms with van der Waals surface area (Å²) < 4.78 is 10.2. The van der Waals surface area contributed by atoms with E-state index in [0.29, 0.717) is 17.1 Å². The lowest BCUT2D eigenvalue weighted by atomic mass is 10.2. The molecule has 7 heteroatoms. The second-order valence-electron chi connectivity index (χ2n) is 4.21. The van der Waals surface area contributed by atoms with Crippen LogP contribution in [0.2, 0.25) is 0 Å². The van der Waals surface area contributed by atoms with E-state index in [1.807, 2.05) is 0 Å². The highest BCUT2D eigenvalue weighted by Gasteiger charge is 2.14. The normalized spacial score (nSPS) is 9.73. The number of carbonyl (C=O) groups excluding carboxylic acids is 2. The molecule has 0 unspecified atom stereocenters. The number of rotatable bonds is 4. The van der Waals surface area contributed by atoms with E-state index in [9.17, 15) is 9.59 Å². The standard InChI is InChI=1S/C15H15N3O4/c1-21-11-3-4-12(13(9-11)22-2)15(20)18-17-14(19)10-5-7-16-8-6-10/h3-9H,1-2H3,(H,17,19)(H,18,20). The number of pyridine rings is 1. The van der Waals surface area contributed by atoms with Crippen LogP contribution in [0.15, 0.2) is 42.7 Å². The Morgan fingerprint density at radius 1 is 0.955 bits per heavy atom. The van der Waals surface area contributed by atoms with Crippen molar-refractivity contribution in [2.75, 3.05) is 14.2 Å². The minimum Gasteiger partial charge on any atom is -0.497 e. The Kier molecular flexibility index (Phi) is 4.92. The molecule has 0 saturated heterocycles. The van der Waals surface area contributed by atoms with E-state index < -0.39 is 11.8 Å². The first-order valence-electron chi connectivity index (χ1n) is 6.38. The van der Waals surface area contributed by atoms with Crippen molar-refractivity contribution in [3.05, 3.63) is 53.9 Å². The van der Waals surface area contributed by atoms with Crippen molar-refractivity contribution in [3.8, 4) is 11.5 Å². The predicted molar refractivity (Wildman–Crippen MR) is 78.7 cm³/mol. The maximum atomic E-state index is 12.1. The van der Waals surface area contributed by atoms with Crippen molar-refractivity contribution in [2.45, 2.75) is 0 Å². The molecule has 7 nitrogen and oxygen atoms in total. The SMILES string of the molecule is COc1ccc(C(=O)NNC(=O)c2ccncc2)c(OC)c1. The number of benzene rings is 1. The van der Waals surface area contributed by atoms with E-state index in [4.69, 9.17) is 9.47 Å². The first-order valence-corrected chi connectivity index (χ1v) is 6.38. The van der Waals surface area contributed by atoms with Crippen molar-refractivity contribution in [1.29, 1.82) is 0 Å². The number of hydrazine groups is 1. The summed E-state index contributed by atoms with van der Waals surface area (Å²) in [7, 11) is 2.96. The zero-order valence-corrected chi connectivity index (χ0v) is 12.1. The van der Waals surface area contributed by atoms with Crippen LogP contribution in [0, 0.1) is 0 Å². The van der Waals surface area contributed by atoms with Gasteiger partial charge in [0.25, 0.3) is 11.8 Å². The molecule has 0 bridgehead atoms. The van der Waals surface area contributed by atoms with Crippen molar-refractivity contribution in [2.24, 2.45) is 0 Å². The lowest BCUT2D eigenvalue weighted by Gasteiger charge is -2.11. The van der Waals surface area contributed by atoms with E-state index in [1.54, 1.807) is 18.2 Å². The first kappa shape index (κ1) is 15.3. The van der Waals surface area contributed by atoms with Gasteiger partial charge in [-0.15, -0.1) is 0 Å². The number of hydrogen-bond donors (Lipinski definition) is 2. The van der Waals surface area contributed by atoms with Crippen LogP contribution >= 0.6 is 0 Å². The third-order valence-corrected chi connectivity index (χ3v) is 2.89. The van der Waals surface area contributed by atoms with Gasteiger partial charge >= 0.3 is 0 Å². The molecule has 2 rings (SSSR count). The maximum absolute atomic E-state index is 12.1. The summed E-state index contributed by atoms with van der Waals surface area (Å²) in [6.07, 6.45) is 2.98. The van der Waals surface area contributed by atoms with Gasteiger partial charge in [0.2, 0.25) is 0 Å². The Labute approximate surface area is 127 Å². The molecular weight excluding hydrogens is 286 g/mol. The highest BCUT2D eigenvalue weighted by Crippen LogP contribution is 2.24. The molecule has 0 aliphatic carbocycles. The number of ether oxygens (including phenoxy) is 2. The van der Waals surface area contributed by atoms with Crippen molar-refractivity contribution in [3.63, 3.8) is 0 Å². The lowest BCUT2D eigenvalue weighted by Crippen LogP contribution is -2.41. The average molecular weight is 301 g/mol. The van der Waals surface area contributed by atoms with Crippen molar-refractivity contribution < 1.29 is 19.1 Å². The molecule has 0 atom stereocenters. The van der Waals surface area contributed by atoms with Gasteiger partial charge in [-0.3, -0.25) is 25.4 Å². The molecule has 0 saturated carbocycles. The monoisotopic (exact) mass is 301 g/mol. The summed E-state index contributed by atoms with van der Waals surface area (Å²) in [5.41, 5.74) is 5.32. The summed E-state index contributed by atoms with van der Waals surface area (Å²) in [4.78, 5) is 27.7. The number of nitrogens with one attached hydrogen (secondary N) is 2. The molecular formula is C15H15N3O4. The Bertz CT molecular complexity index is 674. The molecule has 1 heterocycles. The number of hydrogen-bond acceptors (Lipinski definition) is 5. The van der Waals surface area contributed by atoms with Gasteiger partial charge in [-0.05, 0) is 24.3 Å². The number of amides is 2. The van der Waals surface area contributed by atoms with E-state index in [2.05, 4.69) is 15.8 Å². The molecule has 2 aromatic rings. The molecule has 0 radical (unpaired) electrons. The van der Waals surface area contributed by atoms with Crippen LogP contribution in [-0.2, 0) is 0 Å². The summed E-state index contributed by atoms with van der Waals surface area (Å²) in [6.45, 7) is 0. The van der Waals surface area contributed by atoms with Gasteiger partial charge in [0.1, 0.15) is 11.5 Å². The molecule has 22 heavy (non-hydrogen) atoms. The van der Waals surface area contributed by atoms with Gasteiger partial charge in [0, 0.05) is 24.0 Å². The fraction of sp³-hybridized carbons (Fsp3) is 0.133. The summed E-state index contributed by atoms with van der Waals surface area (Å²) >= 11 is 0. The molecule has 1 aromatic heterocycles. The quantitative estimate of drug-likeness (QED) is 0.828. The second-order valence-corrected chi connectivity index (χ2v) is 4.21. The van der Waals surface area contributed by atoms with Gasteiger partial charge in [-0.1, -0.05) is 0 Å². The van der Waals surface area contributed by atoms with Crippen molar-refractivity contribution >= 4 is 11.8 Å². The molecule has 2 amide bonds. The van der Waals surface area contributed by atoms with Gasteiger partial charge < -0.3 is 9.47 Å². The van der Waals surface area contributed by atoms with Gasteiger partial charge in [0.05, 0.1) is 19.8 Å². The first-order chi connectivity index (χ1) is 10.7. The van der Waals surface area contributed by atoms with Crippen LogP contribution in [0.1, 0.15) is 20.7 Å². The molecule has 0 spiro atoms. The van der Waals surface area contributed by atoms with Gasteiger partial charge in [-0.25, -0.2) is 0 Å². The molecule has 0 aliphatic rings. The van der Waals surface area contributed by atoms with Crippen LogP contribution < -0.4 is 20.3 Å². The number of aromatic nitrogens is 1. The van der Waals surface area contributed by atoms with Crippen LogP contribution in [0.3, 0.4) is 0 Å². The predicted octanol–water partition coefficient (Wildman–Crippen LogP) is 1.17. The average Bonchev–Trinajstić information content (AvgIpc) is 2.59. The van der Waals surface area contributed by atoms with Crippen molar-refractivity contribution in [1.82, 2.24) is 15.8 Å². The Morgan fingerprint density at radius 2 is 1.64 bits per heavy atom. The highest BCUT2D eigenvalue weighted by atomic mass is 16.5. The van der Waals surface area contributed by atoms with E-state index in [1.165, 1.54) is 38.7 Å². The maximum Gasteiger partial charge on any atom is 0.273 e. The number of carbonyl (C=O) groups is 2. The minimum absolute atomic E-state index is 0.276. The van der Waals surface area contributed by atoms with E-state index in [0.717, 1.165) is 0 Å². The van der Waals surface area contributed by atoms with E-state index in [-0.39, 0.29) is 5.56 Å². The zero-order chi connectivity index (χ0) is 15.9. The smallest absolute Gasteiger partial charge is 0.273 e. The fourth-order valence-corrected chi connectivity index (χ4v) is 1.74. The molecule has 114 valence electrons. The largest absolute Gasteiger partial charge is 0.497 e. The molecule has 0 aliphatic heterocycles. The van der Waals surface area contributed by atoms with Gasteiger partial charge in [0.15, 0.2) is 0 Å². The molecule has 0 fully saturated rings. The Morgan fingerprint density at radius 3 is 2.27 bits per heavy atom. The number of nitrogens with zero attached hydrogens (tertiary/aromatic N) is 1. The van der Waals surface area contributed by atoms with Crippen LogP contribution in [0.5, 0.6) is 11.5 Å². The summed E-state index contributed by atoms with van der Waals surface area (Å²) in [5, 5.41) is 0. The Hall–Kier alpha value is -3.09. The Balaban J connectivity index is 2.05. The van der Waals surface area contributed by atoms with Gasteiger partial charge in [-0.2, -0.15) is 0 Å². The third-order valence-electron chi connectivity index (χ3n) is 2.89. The second kappa shape index (κ2) is 7.07. The third kappa shape index (κ3) is 3.51. The summed E-state index contributed by atoms with van der Waals surface area (Å²) in [6, 6.07) is 7.83. The zero-order valence-electron chi connectivity index (χ0n) is 12.1. The summed E-state index contributed by atoms with van der Waals surface area (Å²) in [5.74, 6) is -0.0330. The van der Waals surface area contributed by atoms with Crippen LogP contribution in [0.4, 0.5) is 0 Å². The number of methoxy groups -OCH3 is 2. The lowest BCUT2D eigenvalue weighted by molar-refractivity contribution is 0.0845.